The summed E-state index contributed by atoms with van der Waals surface area (Å²) in [7, 11) is 0. The number of amides is 1. The number of hydrogen-bond acceptors (Lipinski definition) is 1. The zero-order valence-corrected chi connectivity index (χ0v) is 10.3. The Morgan fingerprint density at radius 3 is 2.82 bits per heavy atom. The number of halogens is 1. The van der Waals surface area contributed by atoms with Crippen molar-refractivity contribution in [1.29, 1.82) is 0 Å². The summed E-state index contributed by atoms with van der Waals surface area (Å²) in [5.74, 6) is -0.328. The molecule has 0 heterocycles. The highest BCUT2D eigenvalue weighted by molar-refractivity contribution is 5.78. The third-order valence-corrected chi connectivity index (χ3v) is 2.61. The standard InChI is InChI=1S/C14H20FNO/c1-2-3-4-5-9-16-14(17)11-12-7-6-8-13(15)10-12/h6-8,10H,2-5,9,11H2,1H3,(H,16,17). The summed E-state index contributed by atoms with van der Waals surface area (Å²) >= 11 is 0. The number of carbonyl (C=O) groups is 1. The van der Waals surface area contributed by atoms with Crippen LogP contribution in [0, 0.1) is 5.82 Å². The Hall–Kier alpha value is -1.38. The van der Waals surface area contributed by atoms with E-state index in [1.54, 1.807) is 12.1 Å². The highest BCUT2D eigenvalue weighted by Gasteiger charge is 2.03. The highest BCUT2D eigenvalue weighted by Crippen LogP contribution is 2.04. The number of carbonyl (C=O) groups excluding carboxylic acids is 1. The molecule has 0 radical (unpaired) electrons. The Morgan fingerprint density at radius 1 is 1.29 bits per heavy atom. The average Bonchev–Trinajstić information content (AvgIpc) is 2.29. The molecular weight excluding hydrogens is 217 g/mol. The summed E-state index contributed by atoms with van der Waals surface area (Å²) < 4.78 is 12.9. The van der Waals surface area contributed by atoms with Crippen LogP contribution in [0.1, 0.15) is 38.2 Å². The van der Waals surface area contributed by atoms with E-state index in [0.29, 0.717) is 6.54 Å². The molecule has 0 unspecified atom stereocenters. The fraction of sp³-hybridized carbons (Fsp3) is 0.500. The third-order valence-electron chi connectivity index (χ3n) is 2.61. The van der Waals surface area contributed by atoms with Gasteiger partial charge in [-0.05, 0) is 24.1 Å². The fourth-order valence-corrected chi connectivity index (χ4v) is 1.67. The Morgan fingerprint density at radius 2 is 2.12 bits per heavy atom. The van der Waals surface area contributed by atoms with Gasteiger partial charge in [-0.2, -0.15) is 0 Å². The number of rotatable bonds is 7. The van der Waals surface area contributed by atoms with E-state index in [-0.39, 0.29) is 18.1 Å². The molecule has 0 saturated heterocycles. The summed E-state index contributed by atoms with van der Waals surface area (Å²) in [6.45, 7) is 2.87. The van der Waals surface area contributed by atoms with Gasteiger partial charge < -0.3 is 5.32 Å². The molecule has 1 N–H and O–H groups in total. The van der Waals surface area contributed by atoms with Crippen molar-refractivity contribution in [1.82, 2.24) is 5.32 Å². The molecule has 3 heteroatoms. The molecular formula is C14H20FNO. The van der Waals surface area contributed by atoms with Gasteiger partial charge in [0.2, 0.25) is 5.91 Å². The van der Waals surface area contributed by atoms with Gasteiger partial charge in [0.15, 0.2) is 0 Å². The van der Waals surface area contributed by atoms with Gasteiger partial charge in [-0.25, -0.2) is 4.39 Å². The second-order valence-corrected chi connectivity index (χ2v) is 4.22. The van der Waals surface area contributed by atoms with E-state index in [2.05, 4.69) is 12.2 Å². The molecule has 0 aliphatic rings. The molecule has 0 aromatic heterocycles. The van der Waals surface area contributed by atoms with Crippen LogP contribution in [-0.4, -0.2) is 12.5 Å². The molecule has 0 bridgehead atoms. The second-order valence-electron chi connectivity index (χ2n) is 4.22. The molecule has 0 spiro atoms. The van der Waals surface area contributed by atoms with E-state index in [0.717, 1.165) is 18.4 Å². The molecule has 0 atom stereocenters. The Balaban J connectivity index is 2.21. The average molecular weight is 237 g/mol. The summed E-state index contributed by atoms with van der Waals surface area (Å²) in [5, 5.41) is 2.85. The van der Waals surface area contributed by atoms with Gasteiger partial charge in [0.25, 0.3) is 0 Å². The molecule has 94 valence electrons. The minimum atomic E-state index is -0.293. The lowest BCUT2D eigenvalue weighted by Gasteiger charge is -2.05. The maximum atomic E-state index is 12.9. The van der Waals surface area contributed by atoms with E-state index in [1.807, 2.05) is 0 Å². The summed E-state index contributed by atoms with van der Waals surface area (Å²) in [4.78, 5) is 11.5. The van der Waals surface area contributed by atoms with Gasteiger partial charge in [0, 0.05) is 6.54 Å². The minimum Gasteiger partial charge on any atom is -0.356 e. The first-order chi connectivity index (χ1) is 8.22. The van der Waals surface area contributed by atoms with Crippen LogP contribution in [0.4, 0.5) is 4.39 Å². The maximum absolute atomic E-state index is 12.9. The molecule has 1 aromatic carbocycles. The van der Waals surface area contributed by atoms with Crippen molar-refractivity contribution < 1.29 is 9.18 Å². The normalized spacial score (nSPS) is 10.2. The van der Waals surface area contributed by atoms with E-state index in [1.165, 1.54) is 25.0 Å². The predicted molar refractivity (Wildman–Crippen MR) is 67.3 cm³/mol. The quantitative estimate of drug-likeness (QED) is 0.725. The lowest BCUT2D eigenvalue weighted by atomic mass is 10.1. The van der Waals surface area contributed by atoms with Crippen molar-refractivity contribution in [3.05, 3.63) is 35.6 Å². The SMILES string of the molecule is CCCCCCNC(=O)Cc1cccc(F)c1. The molecule has 0 aliphatic carbocycles. The number of unbranched alkanes of at least 4 members (excludes halogenated alkanes) is 3. The third kappa shape index (κ3) is 6.05. The van der Waals surface area contributed by atoms with Crippen molar-refractivity contribution in [3.8, 4) is 0 Å². The van der Waals surface area contributed by atoms with Crippen LogP contribution >= 0.6 is 0 Å². The topological polar surface area (TPSA) is 29.1 Å². The van der Waals surface area contributed by atoms with Crippen LogP contribution in [0.15, 0.2) is 24.3 Å². The monoisotopic (exact) mass is 237 g/mol. The molecule has 0 saturated carbocycles. The van der Waals surface area contributed by atoms with Gasteiger partial charge in [0.05, 0.1) is 6.42 Å². The molecule has 1 rings (SSSR count). The van der Waals surface area contributed by atoms with E-state index in [4.69, 9.17) is 0 Å². The zero-order valence-electron chi connectivity index (χ0n) is 10.3. The van der Waals surface area contributed by atoms with Gasteiger partial charge >= 0.3 is 0 Å². The number of nitrogens with one attached hydrogen (secondary N) is 1. The Labute approximate surface area is 102 Å². The van der Waals surface area contributed by atoms with Crippen LogP contribution in [0.5, 0.6) is 0 Å². The summed E-state index contributed by atoms with van der Waals surface area (Å²) in [6.07, 6.45) is 4.82. The van der Waals surface area contributed by atoms with Crippen molar-refractivity contribution in [2.75, 3.05) is 6.54 Å². The van der Waals surface area contributed by atoms with Crippen molar-refractivity contribution >= 4 is 5.91 Å². The van der Waals surface area contributed by atoms with Crippen LogP contribution < -0.4 is 5.32 Å². The van der Waals surface area contributed by atoms with Crippen molar-refractivity contribution in [2.24, 2.45) is 0 Å². The predicted octanol–water partition coefficient (Wildman–Crippen LogP) is 3.06. The van der Waals surface area contributed by atoms with Crippen LogP contribution in [0.3, 0.4) is 0 Å². The molecule has 17 heavy (non-hydrogen) atoms. The van der Waals surface area contributed by atoms with Gasteiger partial charge in [0.1, 0.15) is 5.82 Å². The zero-order chi connectivity index (χ0) is 12.5. The molecule has 1 aromatic rings. The summed E-state index contributed by atoms with van der Waals surface area (Å²) in [6, 6.07) is 6.17. The van der Waals surface area contributed by atoms with Crippen LogP contribution in [-0.2, 0) is 11.2 Å². The lowest BCUT2D eigenvalue weighted by molar-refractivity contribution is -0.120. The smallest absolute Gasteiger partial charge is 0.224 e. The Bertz CT molecular complexity index is 352. The first-order valence-electron chi connectivity index (χ1n) is 6.23. The maximum Gasteiger partial charge on any atom is 0.224 e. The minimum absolute atomic E-state index is 0.0351. The van der Waals surface area contributed by atoms with Crippen molar-refractivity contribution in [2.45, 2.75) is 39.0 Å². The first-order valence-corrected chi connectivity index (χ1v) is 6.23. The van der Waals surface area contributed by atoms with Gasteiger partial charge in [-0.15, -0.1) is 0 Å². The van der Waals surface area contributed by atoms with E-state index < -0.39 is 0 Å². The molecule has 0 fully saturated rings. The molecule has 1 amide bonds. The van der Waals surface area contributed by atoms with Crippen LogP contribution in [0.25, 0.3) is 0 Å². The fourth-order valence-electron chi connectivity index (χ4n) is 1.67. The molecule has 2 nitrogen and oxygen atoms in total. The van der Waals surface area contributed by atoms with Gasteiger partial charge in [-0.3, -0.25) is 4.79 Å². The van der Waals surface area contributed by atoms with Gasteiger partial charge in [-0.1, -0.05) is 38.3 Å². The highest BCUT2D eigenvalue weighted by atomic mass is 19.1. The largest absolute Gasteiger partial charge is 0.356 e. The first kappa shape index (κ1) is 13.7. The number of benzene rings is 1. The number of hydrogen-bond donors (Lipinski definition) is 1. The summed E-state index contributed by atoms with van der Waals surface area (Å²) in [5.41, 5.74) is 0.719. The van der Waals surface area contributed by atoms with Crippen molar-refractivity contribution in [3.63, 3.8) is 0 Å². The Kier molecular flexibility index (Phi) is 6.30. The lowest BCUT2D eigenvalue weighted by Crippen LogP contribution is -2.26. The van der Waals surface area contributed by atoms with E-state index >= 15 is 0 Å². The van der Waals surface area contributed by atoms with E-state index in [9.17, 15) is 9.18 Å². The second kappa shape index (κ2) is 7.82. The van der Waals surface area contributed by atoms with Crippen LogP contribution in [0.2, 0.25) is 0 Å². The molecule has 0 aliphatic heterocycles.